The van der Waals surface area contributed by atoms with Crippen molar-refractivity contribution in [3.8, 4) is 0 Å². The van der Waals surface area contributed by atoms with Crippen LogP contribution in [0.5, 0.6) is 0 Å². The summed E-state index contributed by atoms with van der Waals surface area (Å²) in [5.41, 5.74) is 0.378. The van der Waals surface area contributed by atoms with Crippen molar-refractivity contribution in [1.29, 1.82) is 0 Å². The molecule has 0 bridgehead atoms. The minimum Gasteiger partial charge on any atom is -0.444 e. The van der Waals surface area contributed by atoms with Gasteiger partial charge in [-0.1, -0.05) is 29.3 Å². The highest BCUT2D eigenvalue weighted by molar-refractivity contribution is 6.35. The van der Waals surface area contributed by atoms with Crippen molar-refractivity contribution in [1.82, 2.24) is 10.2 Å². The SMILES string of the molecule is CC(=O)N(CCNC(=O)OC(C)(C)C)CCc1ccc(Cl)cc1Cl. The van der Waals surface area contributed by atoms with E-state index in [9.17, 15) is 9.59 Å². The molecule has 134 valence electrons. The summed E-state index contributed by atoms with van der Waals surface area (Å²) in [6, 6.07) is 5.30. The molecule has 0 aliphatic rings. The Balaban J connectivity index is 2.47. The number of carbonyl (C=O) groups excluding carboxylic acids is 2. The number of hydrogen-bond acceptors (Lipinski definition) is 3. The first-order valence-corrected chi connectivity index (χ1v) is 8.50. The summed E-state index contributed by atoms with van der Waals surface area (Å²) in [5, 5.41) is 3.80. The van der Waals surface area contributed by atoms with E-state index < -0.39 is 11.7 Å². The molecule has 0 radical (unpaired) electrons. The average Bonchev–Trinajstić information content (AvgIpc) is 2.41. The minimum atomic E-state index is -0.546. The van der Waals surface area contributed by atoms with E-state index in [0.717, 1.165) is 5.56 Å². The Morgan fingerprint density at radius 3 is 2.42 bits per heavy atom. The monoisotopic (exact) mass is 374 g/mol. The smallest absolute Gasteiger partial charge is 0.407 e. The van der Waals surface area contributed by atoms with E-state index in [4.69, 9.17) is 27.9 Å². The zero-order valence-electron chi connectivity index (χ0n) is 14.5. The molecular formula is C17H24Cl2N2O3. The summed E-state index contributed by atoms with van der Waals surface area (Å²) >= 11 is 12.0. The van der Waals surface area contributed by atoms with Gasteiger partial charge in [0.2, 0.25) is 5.91 Å². The van der Waals surface area contributed by atoms with E-state index in [1.165, 1.54) is 6.92 Å². The van der Waals surface area contributed by atoms with Crippen LogP contribution in [0.25, 0.3) is 0 Å². The van der Waals surface area contributed by atoms with Crippen molar-refractivity contribution in [3.05, 3.63) is 33.8 Å². The van der Waals surface area contributed by atoms with Gasteiger partial charge in [-0.3, -0.25) is 4.79 Å². The van der Waals surface area contributed by atoms with Gasteiger partial charge >= 0.3 is 6.09 Å². The Kier molecular flexibility index (Phi) is 7.84. The molecule has 0 aliphatic heterocycles. The number of nitrogens with one attached hydrogen (secondary N) is 1. The van der Waals surface area contributed by atoms with Crippen LogP contribution in [0.15, 0.2) is 18.2 Å². The lowest BCUT2D eigenvalue weighted by Gasteiger charge is -2.23. The molecule has 0 saturated heterocycles. The molecule has 5 nitrogen and oxygen atoms in total. The van der Waals surface area contributed by atoms with Crippen LogP contribution in [0.3, 0.4) is 0 Å². The first-order chi connectivity index (χ1) is 11.1. The number of amides is 2. The topological polar surface area (TPSA) is 58.6 Å². The first-order valence-electron chi connectivity index (χ1n) is 7.75. The van der Waals surface area contributed by atoms with E-state index in [1.807, 2.05) is 6.07 Å². The van der Waals surface area contributed by atoms with Gasteiger partial charge in [0.05, 0.1) is 0 Å². The van der Waals surface area contributed by atoms with E-state index in [2.05, 4.69) is 5.32 Å². The number of halogens is 2. The van der Waals surface area contributed by atoms with Crippen LogP contribution in [0.1, 0.15) is 33.3 Å². The van der Waals surface area contributed by atoms with Crippen LogP contribution >= 0.6 is 23.2 Å². The summed E-state index contributed by atoms with van der Waals surface area (Å²) in [4.78, 5) is 25.0. The lowest BCUT2D eigenvalue weighted by Crippen LogP contribution is -2.40. The Bertz CT molecular complexity index is 586. The number of hydrogen-bond donors (Lipinski definition) is 1. The molecule has 0 unspecified atom stereocenters. The van der Waals surface area contributed by atoms with E-state index in [-0.39, 0.29) is 5.91 Å². The molecular weight excluding hydrogens is 351 g/mol. The van der Waals surface area contributed by atoms with E-state index in [0.29, 0.717) is 36.1 Å². The molecule has 1 aromatic carbocycles. The largest absolute Gasteiger partial charge is 0.444 e. The van der Waals surface area contributed by atoms with Gasteiger partial charge in [0.15, 0.2) is 0 Å². The van der Waals surface area contributed by atoms with E-state index >= 15 is 0 Å². The zero-order valence-corrected chi connectivity index (χ0v) is 16.0. The van der Waals surface area contributed by atoms with Crippen LogP contribution in [0.4, 0.5) is 4.79 Å². The van der Waals surface area contributed by atoms with Crippen molar-refractivity contribution >= 4 is 35.2 Å². The molecule has 24 heavy (non-hydrogen) atoms. The first kappa shape index (κ1) is 20.6. The number of ether oxygens (including phenoxy) is 1. The molecule has 0 atom stereocenters. The Hall–Kier alpha value is -1.46. The van der Waals surface area contributed by atoms with E-state index in [1.54, 1.807) is 37.8 Å². The Morgan fingerprint density at radius 1 is 1.21 bits per heavy atom. The van der Waals surface area contributed by atoms with Crippen LogP contribution < -0.4 is 5.32 Å². The number of benzene rings is 1. The summed E-state index contributed by atoms with van der Waals surface area (Å²) in [7, 11) is 0. The third-order valence-corrected chi connectivity index (χ3v) is 3.75. The lowest BCUT2D eigenvalue weighted by molar-refractivity contribution is -0.128. The Labute approximate surface area is 153 Å². The molecule has 0 spiro atoms. The van der Waals surface area contributed by atoms with Gasteiger partial charge in [-0.25, -0.2) is 4.79 Å². The van der Waals surface area contributed by atoms with Crippen molar-refractivity contribution in [3.63, 3.8) is 0 Å². The predicted molar refractivity (Wildman–Crippen MR) is 96.7 cm³/mol. The second-order valence-corrected chi connectivity index (χ2v) is 7.26. The molecule has 7 heteroatoms. The van der Waals surface area contributed by atoms with Crippen molar-refractivity contribution in [2.45, 2.75) is 39.7 Å². The highest BCUT2D eigenvalue weighted by atomic mass is 35.5. The average molecular weight is 375 g/mol. The van der Waals surface area contributed by atoms with Crippen LogP contribution in [0.2, 0.25) is 10.0 Å². The van der Waals surface area contributed by atoms with Gasteiger partial charge in [0.1, 0.15) is 5.60 Å². The summed E-state index contributed by atoms with van der Waals surface area (Å²) in [6.45, 7) is 8.12. The number of alkyl carbamates (subject to hydrolysis) is 1. The molecule has 0 heterocycles. The molecule has 0 aromatic heterocycles. The van der Waals surface area contributed by atoms with Gasteiger partial charge in [0.25, 0.3) is 0 Å². The molecule has 0 saturated carbocycles. The fraction of sp³-hybridized carbons (Fsp3) is 0.529. The highest BCUT2D eigenvalue weighted by Crippen LogP contribution is 2.21. The number of nitrogens with zero attached hydrogens (tertiary/aromatic N) is 1. The second-order valence-electron chi connectivity index (χ2n) is 6.42. The van der Waals surface area contributed by atoms with Crippen LogP contribution in [-0.4, -0.2) is 42.1 Å². The van der Waals surface area contributed by atoms with Crippen LogP contribution in [-0.2, 0) is 16.0 Å². The van der Waals surface area contributed by atoms with Crippen molar-refractivity contribution in [2.24, 2.45) is 0 Å². The van der Waals surface area contributed by atoms with Crippen LogP contribution in [0, 0.1) is 0 Å². The summed E-state index contributed by atoms with van der Waals surface area (Å²) in [5.74, 6) is -0.0638. The third-order valence-electron chi connectivity index (χ3n) is 3.16. The zero-order chi connectivity index (χ0) is 18.3. The molecule has 2 amide bonds. The van der Waals surface area contributed by atoms with Gasteiger partial charge in [-0.15, -0.1) is 0 Å². The normalized spacial score (nSPS) is 11.1. The molecule has 0 aliphatic carbocycles. The van der Waals surface area contributed by atoms with Gasteiger partial charge in [0, 0.05) is 36.6 Å². The fourth-order valence-electron chi connectivity index (χ4n) is 2.01. The standard InChI is InChI=1S/C17H24Cl2N2O3/c1-12(22)21(10-8-20-16(23)24-17(2,3)4)9-7-13-5-6-14(18)11-15(13)19/h5-6,11H,7-10H2,1-4H3,(H,20,23). The maximum atomic E-state index is 11.7. The minimum absolute atomic E-state index is 0.0638. The highest BCUT2D eigenvalue weighted by Gasteiger charge is 2.16. The molecule has 1 aromatic rings. The van der Waals surface area contributed by atoms with Gasteiger partial charge in [-0.2, -0.15) is 0 Å². The quantitative estimate of drug-likeness (QED) is 0.820. The summed E-state index contributed by atoms with van der Waals surface area (Å²) < 4.78 is 5.15. The maximum Gasteiger partial charge on any atom is 0.407 e. The maximum absolute atomic E-state index is 11.7. The molecule has 1 rings (SSSR count). The Morgan fingerprint density at radius 2 is 1.88 bits per heavy atom. The van der Waals surface area contributed by atoms with Crippen molar-refractivity contribution in [2.75, 3.05) is 19.6 Å². The number of carbonyl (C=O) groups is 2. The second kappa shape index (κ2) is 9.14. The predicted octanol–water partition coefficient (Wildman–Crippen LogP) is 3.91. The molecule has 1 N–H and O–H groups in total. The lowest BCUT2D eigenvalue weighted by atomic mass is 10.1. The van der Waals surface area contributed by atoms with Gasteiger partial charge in [-0.05, 0) is 44.9 Å². The van der Waals surface area contributed by atoms with Crippen molar-refractivity contribution < 1.29 is 14.3 Å². The van der Waals surface area contributed by atoms with Gasteiger partial charge < -0.3 is 15.0 Å². The fourth-order valence-corrected chi connectivity index (χ4v) is 2.52. The molecule has 0 fully saturated rings. The third kappa shape index (κ3) is 7.88. The number of rotatable bonds is 6. The summed E-state index contributed by atoms with van der Waals surface area (Å²) in [6.07, 6.45) is 0.119.